The van der Waals surface area contributed by atoms with Crippen molar-refractivity contribution < 1.29 is 9.66 Å². The summed E-state index contributed by atoms with van der Waals surface area (Å²) in [6, 6.07) is 4.98. The highest BCUT2D eigenvalue weighted by Gasteiger charge is 2.23. The van der Waals surface area contributed by atoms with Crippen LogP contribution in [0.3, 0.4) is 0 Å². The van der Waals surface area contributed by atoms with Gasteiger partial charge in [0.15, 0.2) is 5.75 Å². The first-order chi connectivity index (χ1) is 7.42. The van der Waals surface area contributed by atoms with Gasteiger partial charge in [-0.15, -0.1) is 0 Å². The van der Waals surface area contributed by atoms with Crippen molar-refractivity contribution in [2.24, 2.45) is 0 Å². The number of nitro groups is 1. The molecule has 0 radical (unpaired) electrons. The molecule has 0 aliphatic rings. The number of ether oxygens (including phenoxy) is 1. The molecule has 88 valence electrons. The highest BCUT2D eigenvalue weighted by atomic mass is 16.6. The molecule has 1 aromatic rings. The van der Waals surface area contributed by atoms with Crippen LogP contribution in [-0.2, 0) is 5.54 Å². The average Bonchev–Trinajstić information content (AvgIpc) is 2.28. The molecule has 1 N–H and O–H groups in total. The zero-order chi connectivity index (χ0) is 12.3. The smallest absolute Gasteiger partial charge is 0.311 e. The molecule has 5 heteroatoms. The van der Waals surface area contributed by atoms with Crippen molar-refractivity contribution in [3.05, 3.63) is 33.9 Å². The molecular formula is C11H16N2O3. The maximum Gasteiger partial charge on any atom is 0.311 e. The first-order valence-electron chi connectivity index (χ1n) is 4.94. The Morgan fingerprint density at radius 3 is 2.50 bits per heavy atom. The van der Waals surface area contributed by atoms with E-state index in [1.807, 2.05) is 27.0 Å². The fourth-order valence-electron chi connectivity index (χ4n) is 1.37. The van der Waals surface area contributed by atoms with Crippen molar-refractivity contribution in [1.29, 1.82) is 0 Å². The number of hydrogen-bond acceptors (Lipinski definition) is 4. The Bertz CT molecular complexity index is 402. The molecule has 0 fully saturated rings. The molecule has 0 heterocycles. The zero-order valence-corrected chi connectivity index (χ0v) is 9.90. The van der Waals surface area contributed by atoms with E-state index in [1.54, 1.807) is 6.07 Å². The molecule has 0 aliphatic heterocycles. The second kappa shape index (κ2) is 4.49. The Labute approximate surface area is 94.6 Å². The van der Waals surface area contributed by atoms with Gasteiger partial charge < -0.3 is 10.1 Å². The maximum absolute atomic E-state index is 10.9. The van der Waals surface area contributed by atoms with E-state index >= 15 is 0 Å². The van der Waals surface area contributed by atoms with Crippen LogP contribution in [0.5, 0.6) is 5.75 Å². The molecule has 0 aromatic heterocycles. The van der Waals surface area contributed by atoms with Gasteiger partial charge in [0.2, 0.25) is 0 Å². The Morgan fingerprint density at radius 2 is 2.06 bits per heavy atom. The van der Waals surface area contributed by atoms with Crippen molar-refractivity contribution in [2.45, 2.75) is 19.4 Å². The summed E-state index contributed by atoms with van der Waals surface area (Å²) in [5.41, 5.74) is 0.530. The van der Waals surface area contributed by atoms with E-state index in [0.717, 1.165) is 5.56 Å². The largest absolute Gasteiger partial charge is 0.490 e. The second-order valence-electron chi connectivity index (χ2n) is 4.02. The van der Waals surface area contributed by atoms with Gasteiger partial charge in [-0.25, -0.2) is 0 Å². The summed E-state index contributed by atoms with van der Waals surface area (Å²) in [5.74, 6) is 0.278. The molecule has 0 atom stereocenters. The molecular weight excluding hydrogens is 208 g/mol. The quantitative estimate of drug-likeness (QED) is 0.628. The van der Waals surface area contributed by atoms with Crippen LogP contribution < -0.4 is 10.1 Å². The van der Waals surface area contributed by atoms with Crippen LogP contribution in [0.25, 0.3) is 0 Å². The summed E-state index contributed by atoms with van der Waals surface area (Å²) in [7, 11) is 3.24. The lowest BCUT2D eigenvalue weighted by Crippen LogP contribution is -2.33. The lowest BCUT2D eigenvalue weighted by Gasteiger charge is -2.24. The van der Waals surface area contributed by atoms with E-state index in [4.69, 9.17) is 4.74 Å². The fourth-order valence-corrected chi connectivity index (χ4v) is 1.37. The Hall–Kier alpha value is -1.62. The normalized spacial score (nSPS) is 11.2. The molecule has 0 saturated heterocycles. The number of rotatable bonds is 4. The molecule has 1 rings (SSSR count). The van der Waals surface area contributed by atoms with E-state index in [9.17, 15) is 10.1 Å². The Morgan fingerprint density at radius 1 is 1.44 bits per heavy atom. The van der Waals surface area contributed by atoms with E-state index in [0.29, 0.717) is 0 Å². The van der Waals surface area contributed by atoms with Gasteiger partial charge in [-0.2, -0.15) is 0 Å². The summed E-state index contributed by atoms with van der Waals surface area (Å²) < 4.78 is 4.95. The van der Waals surface area contributed by atoms with E-state index in [1.165, 1.54) is 13.2 Å². The third-order valence-electron chi connectivity index (χ3n) is 2.72. The van der Waals surface area contributed by atoms with Crippen molar-refractivity contribution in [3.63, 3.8) is 0 Å². The molecule has 1 aromatic carbocycles. The molecule has 0 unspecified atom stereocenters. The van der Waals surface area contributed by atoms with E-state index in [-0.39, 0.29) is 17.0 Å². The molecule has 0 saturated carbocycles. The van der Waals surface area contributed by atoms with Crippen LogP contribution in [0, 0.1) is 10.1 Å². The van der Waals surface area contributed by atoms with Crippen LogP contribution in [0.1, 0.15) is 19.4 Å². The first-order valence-corrected chi connectivity index (χ1v) is 4.94. The van der Waals surface area contributed by atoms with E-state index < -0.39 is 4.92 Å². The molecule has 0 aliphatic carbocycles. The van der Waals surface area contributed by atoms with Crippen molar-refractivity contribution in [1.82, 2.24) is 5.32 Å². The van der Waals surface area contributed by atoms with Crippen LogP contribution >= 0.6 is 0 Å². The minimum atomic E-state index is -0.436. The van der Waals surface area contributed by atoms with Crippen molar-refractivity contribution >= 4 is 5.69 Å². The van der Waals surface area contributed by atoms with Crippen LogP contribution in [0.4, 0.5) is 5.69 Å². The van der Waals surface area contributed by atoms with Crippen LogP contribution in [-0.4, -0.2) is 19.1 Å². The molecule has 16 heavy (non-hydrogen) atoms. The van der Waals surface area contributed by atoms with Gasteiger partial charge in [-0.1, -0.05) is 6.07 Å². The second-order valence-corrected chi connectivity index (χ2v) is 4.02. The summed E-state index contributed by atoms with van der Waals surface area (Å²) in [4.78, 5) is 10.4. The Kier molecular flexibility index (Phi) is 3.49. The zero-order valence-electron chi connectivity index (χ0n) is 9.90. The molecule has 0 amide bonds. The van der Waals surface area contributed by atoms with Gasteiger partial charge in [0.05, 0.1) is 12.0 Å². The van der Waals surface area contributed by atoms with Gasteiger partial charge in [-0.3, -0.25) is 10.1 Å². The number of nitrogens with zero attached hydrogens (tertiary/aromatic N) is 1. The average molecular weight is 224 g/mol. The van der Waals surface area contributed by atoms with Gasteiger partial charge in [-0.05, 0) is 32.5 Å². The van der Waals surface area contributed by atoms with Crippen LogP contribution in [0.15, 0.2) is 18.2 Å². The SMILES string of the molecule is CNC(C)(C)c1ccc(OC)c([N+](=O)[O-])c1. The third-order valence-corrected chi connectivity index (χ3v) is 2.72. The van der Waals surface area contributed by atoms with Crippen LogP contribution in [0.2, 0.25) is 0 Å². The number of nitrogens with one attached hydrogen (secondary N) is 1. The monoisotopic (exact) mass is 224 g/mol. The number of benzene rings is 1. The maximum atomic E-state index is 10.9. The van der Waals surface area contributed by atoms with Gasteiger partial charge >= 0.3 is 5.69 Å². The summed E-state index contributed by atoms with van der Waals surface area (Å²) in [6.45, 7) is 3.91. The predicted molar refractivity (Wildman–Crippen MR) is 61.7 cm³/mol. The van der Waals surface area contributed by atoms with Gasteiger partial charge in [0.1, 0.15) is 0 Å². The van der Waals surface area contributed by atoms with Gasteiger partial charge in [0.25, 0.3) is 0 Å². The fraction of sp³-hybridized carbons (Fsp3) is 0.455. The molecule has 5 nitrogen and oxygen atoms in total. The number of methoxy groups -OCH3 is 1. The highest BCUT2D eigenvalue weighted by Crippen LogP contribution is 2.31. The topological polar surface area (TPSA) is 64.4 Å². The van der Waals surface area contributed by atoms with Crippen molar-refractivity contribution in [2.75, 3.05) is 14.2 Å². The van der Waals surface area contributed by atoms with E-state index in [2.05, 4.69) is 5.32 Å². The first kappa shape index (κ1) is 12.4. The number of nitro benzene ring substituents is 1. The lowest BCUT2D eigenvalue weighted by molar-refractivity contribution is -0.385. The summed E-state index contributed by atoms with van der Waals surface area (Å²) in [6.07, 6.45) is 0. The predicted octanol–water partition coefficient (Wildman–Crippen LogP) is 2.06. The standard InChI is InChI=1S/C11H16N2O3/c1-11(2,12-3)8-5-6-10(16-4)9(7-8)13(14)15/h5-7,12H,1-4H3. The number of hydrogen-bond donors (Lipinski definition) is 1. The lowest BCUT2D eigenvalue weighted by atomic mass is 9.94. The van der Waals surface area contributed by atoms with Crippen molar-refractivity contribution in [3.8, 4) is 5.75 Å². The third kappa shape index (κ3) is 2.30. The Balaban J connectivity index is 3.27. The summed E-state index contributed by atoms with van der Waals surface area (Å²) in [5, 5.41) is 14.0. The molecule has 0 spiro atoms. The molecule has 0 bridgehead atoms. The highest BCUT2D eigenvalue weighted by molar-refractivity contribution is 5.50. The van der Waals surface area contributed by atoms with Gasteiger partial charge in [0, 0.05) is 11.6 Å². The minimum Gasteiger partial charge on any atom is -0.490 e. The minimum absolute atomic E-state index is 0.0108. The summed E-state index contributed by atoms with van der Waals surface area (Å²) >= 11 is 0.